The molecule has 0 aliphatic carbocycles. The van der Waals surface area contributed by atoms with Crippen molar-refractivity contribution >= 4 is 10.8 Å². The van der Waals surface area contributed by atoms with E-state index in [0.29, 0.717) is 0 Å². The molecule has 1 saturated heterocycles. The zero-order chi connectivity index (χ0) is 15.4. The third-order valence-electron chi connectivity index (χ3n) is 4.22. The number of nitrogens with one attached hydrogen (secondary N) is 1. The van der Waals surface area contributed by atoms with Gasteiger partial charge in [-0.1, -0.05) is 30.3 Å². The van der Waals surface area contributed by atoms with Crippen molar-refractivity contribution < 1.29 is 9.47 Å². The Balaban J connectivity index is 1.66. The first-order chi connectivity index (χ1) is 10.8. The quantitative estimate of drug-likeness (QED) is 0.918. The largest absolute Gasteiger partial charge is 0.496 e. The zero-order valence-corrected chi connectivity index (χ0v) is 13.3. The van der Waals surface area contributed by atoms with E-state index in [1.165, 1.54) is 10.9 Å². The van der Waals surface area contributed by atoms with Gasteiger partial charge < -0.3 is 19.7 Å². The molecule has 3 rings (SSSR count). The summed E-state index contributed by atoms with van der Waals surface area (Å²) >= 11 is 0. The summed E-state index contributed by atoms with van der Waals surface area (Å²) in [5, 5.41) is 5.94. The number of hydrogen-bond acceptors (Lipinski definition) is 4. The maximum Gasteiger partial charge on any atom is 0.126 e. The highest BCUT2D eigenvalue weighted by Gasteiger charge is 2.17. The molecule has 1 fully saturated rings. The molecule has 0 spiro atoms. The lowest BCUT2D eigenvalue weighted by Gasteiger charge is -2.30. The Morgan fingerprint density at radius 1 is 1.23 bits per heavy atom. The minimum Gasteiger partial charge on any atom is -0.496 e. The van der Waals surface area contributed by atoms with Gasteiger partial charge in [0.25, 0.3) is 0 Å². The zero-order valence-electron chi connectivity index (χ0n) is 13.3. The minimum atomic E-state index is 0.281. The van der Waals surface area contributed by atoms with Crippen molar-refractivity contribution in [3.05, 3.63) is 42.0 Å². The van der Waals surface area contributed by atoms with E-state index in [2.05, 4.69) is 41.5 Å². The van der Waals surface area contributed by atoms with E-state index < -0.39 is 0 Å². The molecule has 2 aromatic rings. The second-order valence-corrected chi connectivity index (χ2v) is 5.86. The number of benzene rings is 2. The standard InChI is InChI=1S/C18H24N2O2/c1-20-9-10-22-15(13-20)12-19-11-14-7-8-18(21-2)17-6-4-3-5-16(14)17/h3-8,15,19H,9-13H2,1-2H3/t15-/m0/s1. The van der Waals surface area contributed by atoms with Crippen LogP contribution in [-0.2, 0) is 11.3 Å². The summed E-state index contributed by atoms with van der Waals surface area (Å²) in [4.78, 5) is 2.32. The van der Waals surface area contributed by atoms with Crippen LogP contribution in [0.3, 0.4) is 0 Å². The molecule has 2 aromatic carbocycles. The number of morpholine rings is 1. The van der Waals surface area contributed by atoms with E-state index in [4.69, 9.17) is 9.47 Å². The van der Waals surface area contributed by atoms with Crippen LogP contribution >= 0.6 is 0 Å². The molecule has 22 heavy (non-hydrogen) atoms. The molecular weight excluding hydrogens is 276 g/mol. The van der Waals surface area contributed by atoms with Crippen molar-refractivity contribution in [2.45, 2.75) is 12.6 Å². The van der Waals surface area contributed by atoms with Crippen LogP contribution in [0.4, 0.5) is 0 Å². The highest BCUT2D eigenvalue weighted by molar-refractivity contribution is 5.91. The smallest absolute Gasteiger partial charge is 0.126 e. The normalized spacial score (nSPS) is 19.5. The number of ether oxygens (including phenoxy) is 2. The van der Waals surface area contributed by atoms with Gasteiger partial charge in [0.05, 0.1) is 19.8 Å². The van der Waals surface area contributed by atoms with Gasteiger partial charge in [0.15, 0.2) is 0 Å². The van der Waals surface area contributed by atoms with Crippen molar-refractivity contribution in [1.82, 2.24) is 10.2 Å². The maximum absolute atomic E-state index is 5.79. The van der Waals surface area contributed by atoms with Crippen LogP contribution in [-0.4, -0.2) is 51.4 Å². The summed E-state index contributed by atoms with van der Waals surface area (Å²) in [6.07, 6.45) is 0.281. The molecule has 1 heterocycles. The molecule has 0 aromatic heterocycles. The van der Waals surface area contributed by atoms with Crippen molar-refractivity contribution in [3.63, 3.8) is 0 Å². The van der Waals surface area contributed by atoms with E-state index >= 15 is 0 Å². The van der Waals surface area contributed by atoms with Gasteiger partial charge >= 0.3 is 0 Å². The molecule has 0 bridgehead atoms. The fourth-order valence-electron chi connectivity index (χ4n) is 3.02. The summed E-state index contributed by atoms with van der Waals surface area (Å²) in [7, 11) is 3.86. The molecule has 4 heteroatoms. The SMILES string of the molecule is COc1ccc(CNC[C@H]2CN(C)CCO2)c2ccccc12. The first-order valence-electron chi connectivity index (χ1n) is 7.83. The number of methoxy groups -OCH3 is 1. The first-order valence-corrected chi connectivity index (χ1v) is 7.83. The highest BCUT2D eigenvalue weighted by atomic mass is 16.5. The van der Waals surface area contributed by atoms with E-state index in [9.17, 15) is 0 Å². The van der Waals surface area contributed by atoms with Gasteiger partial charge in [0, 0.05) is 31.6 Å². The van der Waals surface area contributed by atoms with Crippen molar-refractivity contribution in [3.8, 4) is 5.75 Å². The monoisotopic (exact) mass is 300 g/mol. The third kappa shape index (κ3) is 3.40. The van der Waals surface area contributed by atoms with Gasteiger partial charge in [-0.2, -0.15) is 0 Å². The Bertz CT molecular complexity index is 630. The van der Waals surface area contributed by atoms with Gasteiger partial charge in [-0.3, -0.25) is 0 Å². The predicted molar refractivity (Wildman–Crippen MR) is 89.4 cm³/mol. The summed E-state index contributed by atoms with van der Waals surface area (Å²) in [6, 6.07) is 12.6. The minimum absolute atomic E-state index is 0.281. The Labute approximate surface area is 132 Å². The van der Waals surface area contributed by atoms with Crippen molar-refractivity contribution in [2.24, 2.45) is 0 Å². The van der Waals surface area contributed by atoms with Gasteiger partial charge in [-0.15, -0.1) is 0 Å². The van der Waals surface area contributed by atoms with Gasteiger partial charge in [0.1, 0.15) is 5.75 Å². The Kier molecular flexibility index (Phi) is 4.93. The molecule has 0 radical (unpaired) electrons. The second kappa shape index (κ2) is 7.09. The Morgan fingerprint density at radius 3 is 2.82 bits per heavy atom. The number of rotatable bonds is 5. The Morgan fingerprint density at radius 2 is 2.05 bits per heavy atom. The Hall–Kier alpha value is -1.62. The van der Waals surface area contributed by atoms with Crippen LogP contribution in [0.5, 0.6) is 5.75 Å². The molecule has 4 nitrogen and oxygen atoms in total. The topological polar surface area (TPSA) is 33.7 Å². The van der Waals surface area contributed by atoms with Gasteiger partial charge in [0.2, 0.25) is 0 Å². The number of hydrogen-bond donors (Lipinski definition) is 1. The number of likely N-dealkylation sites (N-methyl/N-ethyl adjacent to an activating group) is 1. The maximum atomic E-state index is 5.79. The van der Waals surface area contributed by atoms with Crippen molar-refractivity contribution in [1.29, 1.82) is 0 Å². The fourth-order valence-corrected chi connectivity index (χ4v) is 3.02. The molecular formula is C18H24N2O2. The summed E-state index contributed by atoms with van der Waals surface area (Å²) in [5.41, 5.74) is 1.29. The van der Waals surface area contributed by atoms with E-state index in [1.54, 1.807) is 7.11 Å². The average Bonchev–Trinajstić information content (AvgIpc) is 2.55. The molecule has 1 atom stereocenters. The van der Waals surface area contributed by atoms with Gasteiger partial charge in [-0.05, 0) is 24.1 Å². The average molecular weight is 300 g/mol. The highest BCUT2D eigenvalue weighted by Crippen LogP contribution is 2.28. The van der Waals surface area contributed by atoms with E-state index in [0.717, 1.165) is 43.9 Å². The second-order valence-electron chi connectivity index (χ2n) is 5.86. The fraction of sp³-hybridized carbons (Fsp3) is 0.444. The summed E-state index contributed by atoms with van der Waals surface area (Å²) in [6.45, 7) is 4.57. The van der Waals surface area contributed by atoms with Crippen LogP contribution in [0, 0.1) is 0 Å². The van der Waals surface area contributed by atoms with Crippen LogP contribution in [0.15, 0.2) is 36.4 Å². The lowest BCUT2D eigenvalue weighted by Crippen LogP contribution is -2.44. The first kappa shape index (κ1) is 15.3. The molecule has 1 aliphatic heterocycles. The van der Waals surface area contributed by atoms with Crippen LogP contribution in [0.1, 0.15) is 5.56 Å². The summed E-state index contributed by atoms with van der Waals surface area (Å²) < 4.78 is 11.2. The molecule has 0 amide bonds. The molecule has 118 valence electrons. The van der Waals surface area contributed by atoms with E-state index in [-0.39, 0.29) is 6.10 Å². The molecule has 1 aliphatic rings. The predicted octanol–water partition coefficient (Wildman–Crippen LogP) is 2.27. The van der Waals surface area contributed by atoms with Crippen molar-refractivity contribution in [2.75, 3.05) is 40.4 Å². The number of fused-ring (bicyclic) bond motifs is 1. The van der Waals surface area contributed by atoms with Crippen LogP contribution in [0.25, 0.3) is 10.8 Å². The lowest BCUT2D eigenvalue weighted by molar-refractivity contribution is -0.0182. The number of nitrogens with zero attached hydrogens (tertiary/aromatic N) is 1. The van der Waals surface area contributed by atoms with E-state index in [1.807, 2.05) is 12.1 Å². The van der Waals surface area contributed by atoms with Crippen LogP contribution in [0.2, 0.25) is 0 Å². The third-order valence-corrected chi connectivity index (χ3v) is 4.22. The molecule has 1 N–H and O–H groups in total. The molecule has 0 saturated carbocycles. The van der Waals surface area contributed by atoms with Crippen LogP contribution < -0.4 is 10.1 Å². The summed E-state index contributed by atoms with van der Waals surface area (Å²) in [5.74, 6) is 0.927. The lowest BCUT2D eigenvalue weighted by atomic mass is 10.0. The van der Waals surface area contributed by atoms with Gasteiger partial charge in [-0.25, -0.2) is 0 Å². The molecule has 0 unspecified atom stereocenters.